The fraction of sp³-hybridized carbons (Fsp3) is 1.00. The van der Waals surface area contributed by atoms with Crippen LogP contribution < -0.4 is 5.73 Å². The van der Waals surface area contributed by atoms with Gasteiger partial charge in [-0.15, -0.1) is 0 Å². The van der Waals surface area contributed by atoms with Gasteiger partial charge in [-0.05, 0) is 39.7 Å². The smallest absolute Gasteiger partial charge is 0.0473 e. The predicted molar refractivity (Wildman–Crippen MR) is 68.5 cm³/mol. The zero-order chi connectivity index (χ0) is 11.8. The van der Waals surface area contributed by atoms with Gasteiger partial charge in [-0.1, -0.05) is 6.92 Å². The number of rotatable bonds is 5. The maximum absolute atomic E-state index is 6.10. The van der Waals surface area contributed by atoms with Crippen molar-refractivity contribution in [3.8, 4) is 0 Å². The van der Waals surface area contributed by atoms with Crippen LogP contribution in [0.2, 0.25) is 0 Å². The summed E-state index contributed by atoms with van der Waals surface area (Å²) in [5, 5.41) is 0. The van der Waals surface area contributed by atoms with Gasteiger partial charge in [-0.25, -0.2) is 0 Å². The molecule has 0 aromatic heterocycles. The summed E-state index contributed by atoms with van der Waals surface area (Å²) in [6.07, 6.45) is 4.03. The third-order valence-electron chi connectivity index (χ3n) is 4.41. The zero-order valence-corrected chi connectivity index (χ0v) is 11.1. The summed E-state index contributed by atoms with van der Waals surface area (Å²) in [5.41, 5.74) is 6.38. The van der Waals surface area contributed by atoms with Crippen LogP contribution in [0.1, 0.15) is 40.0 Å². The van der Waals surface area contributed by atoms with Crippen LogP contribution in [0.25, 0.3) is 0 Å². The molecule has 16 heavy (non-hydrogen) atoms. The van der Waals surface area contributed by atoms with E-state index in [1.807, 2.05) is 0 Å². The second kappa shape index (κ2) is 4.63. The molecule has 0 radical (unpaired) electrons. The van der Waals surface area contributed by atoms with Gasteiger partial charge in [0.1, 0.15) is 0 Å². The molecule has 1 aliphatic carbocycles. The highest BCUT2D eigenvalue weighted by Gasteiger charge is 2.46. The van der Waals surface area contributed by atoms with Crippen molar-refractivity contribution in [3.63, 3.8) is 0 Å². The van der Waals surface area contributed by atoms with Crippen molar-refractivity contribution in [2.24, 2.45) is 5.73 Å². The highest BCUT2D eigenvalue weighted by molar-refractivity contribution is 5.04. The molecule has 2 aliphatic rings. The van der Waals surface area contributed by atoms with Gasteiger partial charge >= 0.3 is 0 Å². The predicted octanol–water partition coefficient (Wildman–Crippen LogP) is 1.28. The fourth-order valence-corrected chi connectivity index (χ4v) is 3.21. The molecule has 94 valence electrons. The van der Waals surface area contributed by atoms with Crippen molar-refractivity contribution in [3.05, 3.63) is 0 Å². The average Bonchev–Trinajstić information content (AvgIpc) is 2.98. The number of nitrogens with zero attached hydrogens (tertiary/aromatic N) is 2. The summed E-state index contributed by atoms with van der Waals surface area (Å²) in [4.78, 5) is 5.27. The minimum atomic E-state index is 0.278. The first-order chi connectivity index (χ1) is 7.63. The van der Waals surface area contributed by atoms with Crippen molar-refractivity contribution in [2.75, 3.05) is 26.2 Å². The molecule has 1 saturated carbocycles. The number of likely N-dealkylation sites (N-methyl/N-ethyl adjacent to an activating group) is 1. The van der Waals surface area contributed by atoms with Crippen molar-refractivity contribution in [2.45, 2.75) is 57.7 Å². The molecule has 3 nitrogen and oxygen atoms in total. The van der Waals surface area contributed by atoms with E-state index in [-0.39, 0.29) is 5.54 Å². The van der Waals surface area contributed by atoms with Crippen molar-refractivity contribution < 1.29 is 0 Å². The molecule has 0 aromatic rings. The lowest BCUT2D eigenvalue weighted by Gasteiger charge is -2.40. The van der Waals surface area contributed by atoms with Gasteiger partial charge in [0.25, 0.3) is 0 Å². The van der Waals surface area contributed by atoms with Crippen LogP contribution in [-0.4, -0.2) is 53.6 Å². The minimum absolute atomic E-state index is 0.278. The quantitative estimate of drug-likeness (QED) is 0.765. The van der Waals surface area contributed by atoms with Crippen LogP contribution in [0.4, 0.5) is 0 Å². The number of hydrogen-bond acceptors (Lipinski definition) is 3. The Balaban J connectivity index is 2.07. The molecule has 1 aliphatic heterocycles. The molecule has 2 N–H and O–H groups in total. The maximum Gasteiger partial charge on any atom is 0.0473 e. The first-order valence-electron chi connectivity index (χ1n) is 6.84. The first kappa shape index (κ1) is 12.3. The summed E-state index contributed by atoms with van der Waals surface area (Å²) in [6.45, 7) is 11.2. The normalized spacial score (nSPS) is 31.9. The Morgan fingerprint density at radius 2 is 2.12 bits per heavy atom. The van der Waals surface area contributed by atoms with E-state index >= 15 is 0 Å². The van der Waals surface area contributed by atoms with Gasteiger partial charge < -0.3 is 5.73 Å². The zero-order valence-electron chi connectivity index (χ0n) is 11.1. The van der Waals surface area contributed by atoms with Crippen LogP contribution in [0.3, 0.4) is 0 Å². The standard InChI is InChI=1S/C13H27N3/c1-4-16(12-5-6-12)13(9-14)7-8-15(10-13)11(2)3/h11-12H,4-10,14H2,1-3H3. The minimum Gasteiger partial charge on any atom is -0.329 e. The molecular weight excluding hydrogens is 198 g/mol. The Morgan fingerprint density at radius 1 is 1.44 bits per heavy atom. The molecule has 3 heteroatoms. The molecule has 1 saturated heterocycles. The second-order valence-electron chi connectivity index (χ2n) is 5.76. The Hall–Kier alpha value is -0.120. The lowest BCUT2D eigenvalue weighted by Crippen LogP contribution is -2.56. The summed E-state index contributed by atoms with van der Waals surface area (Å²) in [7, 11) is 0. The third-order valence-corrected chi connectivity index (χ3v) is 4.41. The van der Waals surface area contributed by atoms with Gasteiger partial charge in [0.05, 0.1) is 0 Å². The molecule has 1 heterocycles. The molecule has 0 spiro atoms. The summed E-state index contributed by atoms with van der Waals surface area (Å²) in [5.74, 6) is 0. The lowest BCUT2D eigenvalue weighted by molar-refractivity contribution is 0.0915. The second-order valence-corrected chi connectivity index (χ2v) is 5.76. The molecule has 0 bridgehead atoms. The lowest BCUT2D eigenvalue weighted by atomic mass is 9.95. The highest BCUT2D eigenvalue weighted by atomic mass is 15.3. The van der Waals surface area contributed by atoms with E-state index in [0.29, 0.717) is 6.04 Å². The fourth-order valence-electron chi connectivity index (χ4n) is 3.21. The summed E-state index contributed by atoms with van der Waals surface area (Å²) < 4.78 is 0. The van der Waals surface area contributed by atoms with Crippen LogP contribution in [0.5, 0.6) is 0 Å². The Kier molecular flexibility index (Phi) is 3.57. The molecule has 1 atom stereocenters. The topological polar surface area (TPSA) is 32.5 Å². The monoisotopic (exact) mass is 225 g/mol. The summed E-state index contributed by atoms with van der Waals surface area (Å²) in [6, 6.07) is 1.49. The largest absolute Gasteiger partial charge is 0.329 e. The Labute approximate surface area is 100.0 Å². The van der Waals surface area contributed by atoms with E-state index in [1.165, 1.54) is 32.4 Å². The van der Waals surface area contributed by atoms with Crippen LogP contribution in [-0.2, 0) is 0 Å². The molecule has 1 unspecified atom stereocenters. The van der Waals surface area contributed by atoms with Crippen LogP contribution in [0.15, 0.2) is 0 Å². The molecule has 2 fully saturated rings. The number of nitrogens with two attached hydrogens (primary N) is 1. The maximum atomic E-state index is 6.10. The van der Waals surface area contributed by atoms with E-state index in [2.05, 4.69) is 30.6 Å². The number of hydrogen-bond donors (Lipinski definition) is 1. The Bertz CT molecular complexity index is 237. The van der Waals surface area contributed by atoms with Crippen molar-refractivity contribution in [1.29, 1.82) is 0 Å². The Morgan fingerprint density at radius 3 is 2.50 bits per heavy atom. The molecule has 2 rings (SSSR count). The van der Waals surface area contributed by atoms with E-state index in [1.54, 1.807) is 0 Å². The first-order valence-corrected chi connectivity index (χ1v) is 6.84. The molecule has 0 amide bonds. The summed E-state index contributed by atoms with van der Waals surface area (Å²) >= 11 is 0. The third kappa shape index (κ3) is 2.13. The van der Waals surface area contributed by atoms with Crippen LogP contribution >= 0.6 is 0 Å². The van der Waals surface area contributed by atoms with Crippen LogP contribution in [0, 0.1) is 0 Å². The van der Waals surface area contributed by atoms with E-state index in [0.717, 1.165) is 19.1 Å². The number of likely N-dealkylation sites (tertiary alicyclic amines) is 1. The SMILES string of the molecule is CCN(C1CC1)C1(CN)CCN(C(C)C)C1. The highest BCUT2D eigenvalue weighted by Crippen LogP contribution is 2.37. The van der Waals surface area contributed by atoms with Gasteiger partial charge in [0, 0.05) is 37.3 Å². The average molecular weight is 225 g/mol. The van der Waals surface area contributed by atoms with Gasteiger partial charge in [-0.2, -0.15) is 0 Å². The van der Waals surface area contributed by atoms with Gasteiger partial charge in [-0.3, -0.25) is 9.80 Å². The van der Waals surface area contributed by atoms with Gasteiger partial charge in [0.15, 0.2) is 0 Å². The van der Waals surface area contributed by atoms with E-state index in [9.17, 15) is 0 Å². The van der Waals surface area contributed by atoms with Gasteiger partial charge in [0.2, 0.25) is 0 Å². The molecular formula is C13H27N3. The van der Waals surface area contributed by atoms with E-state index < -0.39 is 0 Å². The van der Waals surface area contributed by atoms with E-state index in [4.69, 9.17) is 5.73 Å². The van der Waals surface area contributed by atoms with Crippen molar-refractivity contribution in [1.82, 2.24) is 9.80 Å². The molecule has 0 aromatic carbocycles. The van der Waals surface area contributed by atoms with Crippen molar-refractivity contribution >= 4 is 0 Å².